The summed E-state index contributed by atoms with van der Waals surface area (Å²) in [7, 11) is 1.86. The maximum absolute atomic E-state index is 12.0. The third-order valence-electron chi connectivity index (χ3n) is 2.68. The summed E-state index contributed by atoms with van der Waals surface area (Å²) < 4.78 is 0.936. The van der Waals surface area contributed by atoms with Gasteiger partial charge in [0.05, 0.1) is 0 Å². The number of rotatable bonds is 6. The van der Waals surface area contributed by atoms with Crippen molar-refractivity contribution < 1.29 is 4.79 Å². The molecule has 0 aliphatic heterocycles. The summed E-state index contributed by atoms with van der Waals surface area (Å²) in [5.41, 5.74) is 0.766. The maximum atomic E-state index is 12.0. The van der Waals surface area contributed by atoms with Crippen molar-refractivity contribution in [3.8, 4) is 6.07 Å². The number of anilines is 1. The van der Waals surface area contributed by atoms with Gasteiger partial charge in [-0.2, -0.15) is 5.26 Å². The molecule has 0 unspecified atom stereocenters. The van der Waals surface area contributed by atoms with Gasteiger partial charge in [-0.1, -0.05) is 29.3 Å². The highest BCUT2D eigenvalue weighted by atomic mass is 79.9. The maximum Gasteiger partial charge on any atom is 0.267 e. The fourth-order valence-corrected chi connectivity index (χ4v) is 1.83. The molecule has 1 N–H and O–H groups in total. The van der Waals surface area contributed by atoms with Crippen molar-refractivity contribution in [1.29, 1.82) is 5.26 Å². The van der Waals surface area contributed by atoms with Crippen LogP contribution in [0.1, 0.15) is 19.8 Å². The average molecular weight is 336 g/mol. The van der Waals surface area contributed by atoms with Crippen LogP contribution < -0.4 is 5.32 Å². The largest absolute Gasteiger partial charge is 0.379 e. The zero-order chi connectivity index (χ0) is 15.0. The predicted molar refractivity (Wildman–Crippen MR) is 84.0 cm³/mol. The summed E-state index contributed by atoms with van der Waals surface area (Å²) in [6.45, 7) is 2.93. The van der Waals surface area contributed by atoms with Crippen LogP contribution in [-0.4, -0.2) is 24.4 Å². The number of unbranched alkanes of at least 4 members (excludes halogenated alkanes) is 1. The van der Waals surface area contributed by atoms with Crippen LogP contribution in [0.5, 0.6) is 0 Å². The summed E-state index contributed by atoms with van der Waals surface area (Å²) in [4.78, 5) is 13.9. The van der Waals surface area contributed by atoms with Gasteiger partial charge in [-0.05, 0) is 30.7 Å². The average Bonchev–Trinajstić information content (AvgIpc) is 2.44. The van der Waals surface area contributed by atoms with Crippen molar-refractivity contribution in [3.63, 3.8) is 0 Å². The minimum Gasteiger partial charge on any atom is -0.379 e. The molecular weight excluding hydrogens is 318 g/mol. The Morgan fingerprint density at radius 1 is 1.45 bits per heavy atom. The summed E-state index contributed by atoms with van der Waals surface area (Å²) in [6.07, 6.45) is 3.69. The van der Waals surface area contributed by atoms with Gasteiger partial charge in [0.2, 0.25) is 0 Å². The van der Waals surface area contributed by atoms with E-state index in [1.165, 1.54) is 0 Å². The molecular formula is C15H18BrN3O. The van der Waals surface area contributed by atoms with Gasteiger partial charge in [0, 0.05) is 30.0 Å². The van der Waals surface area contributed by atoms with E-state index in [1.54, 1.807) is 18.3 Å². The molecule has 0 fully saturated rings. The third-order valence-corrected chi connectivity index (χ3v) is 3.21. The fourth-order valence-electron chi connectivity index (χ4n) is 1.56. The molecule has 0 aliphatic carbocycles. The van der Waals surface area contributed by atoms with Crippen LogP contribution >= 0.6 is 15.9 Å². The lowest BCUT2D eigenvalue weighted by Gasteiger charge is -2.14. The first-order valence-corrected chi connectivity index (χ1v) is 7.25. The highest BCUT2D eigenvalue weighted by molar-refractivity contribution is 9.10. The summed E-state index contributed by atoms with van der Waals surface area (Å²) in [5.74, 6) is -0.391. The highest BCUT2D eigenvalue weighted by Gasteiger charge is 2.10. The Morgan fingerprint density at radius 3 is 2.65 bits per heavy atom. The molecule has 1 rings (SSSR count). The number of nitriles is 1. The Bertz CT molecular complexity index is 517. The van der Waals surface area contributed by atoms with E-state index in [2.05, 4.69) is 28.2 Å². The molecule has 1 amide bonds. The molecule has 0 saturated carbocycles. The lowest BCUT2D eigenvalue weighted by Crippen LogP contribution is -2.19. The molecule has 0 aromatic heterocycles. The zero-order valence-electron chi connectivity index (χ0n) is 11.7. The summed E-state index contributed by atoms with van der Waals surface area (Å²) in [6, 6.07) is 9.15. The number of amides is 1. The van der Waals surface area contributed by atoms with Crippen LogP contribution in [0, 0.1) is 11.3 Å². The third kappa shape index (κ3) is 5.45. The van der Waals surface area contributed by atoms with E-state index in [0.29, 0.717) is 5.69 Å². The van der Waals surface area contributed by atoms with E-state index < -0.39 is 5.91 Å². The number of carbonyl (C=O) groups excluding carboxylic acids is 1. The molecule has 0 spiro atoms. The Balaban J connectivity index is 2.70. The van der Waals surface area contributed by atoms with Gasteiger partial charge >= 0.3 is 0 Å². The minimum absolute atomic E-state index is 0.103. The molecule has 106 valence electrons. The second kappa shape index (κ2) is 8.39. The molecule has 0 bridgehead atoms. The van der Waals surface area contributed by atoms with Crippen LogP contribution in [0.15, 0.2) is 40.5 Å². The van der Waals surface area contributed by atoms with E-state index in [-0.39, 0.29) is 5.57 Å². The van der Waals surface area contributed by atoms with Crippen molar-refractivity contribution in [2.24, 2.45) is 0 Å². The van der Waals surface area contributed by atoms with E-state index >= 15 is 0 Å². The Labute approximate surface area is 128 Å². The standard InChI is InChI=1S/C15H18BrN3O/c1-3-4-9-19(2)11-12(10-17)15(20)18-14-7-5-13(16)6-8-14/h5-8,11H,3-4,9H2,1-2H3,(H,18,20)/b12-11-. The lowest BCUT2D eigenvalue weighted by atomic mass is 10.2. The number of nitrogens with zero attached hydrogens (tertiary/aromatic N) is 2. The summed E-state index contributed by atoms with van der Waals surface area (Å²) >= 11 is 3.33. The predicted octanol–water partition coefficient (Wildman–Crippen LogP) is 3.53. The zero-order valence-corrected chi connectivity index (χ0v) is 13.3. The summed E-state index contributed by atoms with van der Waals surface area (Å²) in [5, 5.41) is 11.8. The van der Waals surface area contributed by atoms with Gasteiger partial charge in [-0.25, -0.2) is 0 Å². The highest BCUT2D eigenvalue weighted by Crippen LogP contribution is 2.14. The van der Waals surface area contributed by atoms with Crippen LogP contribution in [-0.2, 0) is 4.79 Å². The monoisotopic (exact) mass is 335 g/mol. The van der Waals surface area contributed by atoms with Gasteiger partial charge in [-0.15, -0.1) is 0 Å². The quantitative estimate of drug-likeness (QED) is 0.639. The second-order valence-electron chi connectivity index (χ2n) is 4.45. The Kier molecular flexibility index (Phi) is 6.82. The van der Waals surface area contributed by atoms with Crippen LogP contribution in [0.3, 0.4) is 0 Å². The molecule has 0 saturated heterocycles. The normalized spacial score (nSPS) is 10.8. The van der Waals surface area contributed by atoms with Gasteiger partial charge in [0.15, 0.2) is 0 Å². The van der Waals surface area contributed by atoms with Gasteiger partial charge in [0.25, 0.3) is 5.91 Å². The number of halogens is 1. The van der Waals surface area contributed by atoms with Gasteiger partial charge < -0.3 is 10.2 Å². The molecule has 0 atom stereocenters. The number of carbonyl (C=O) groups is 1. The number of benzene rings is 1. The number of hydrogen-bond donors (Lipinski definition) is 1. The molecule has 0 heterocycles. The SMILES string of the molecule is CCCCN(C)/C=C(/C#N)C(=O)Nc1ccc(Br)cc1. The number of hydrogen-bond acceptors (Lipinski definition) is 3. The molecule has 4 nitrogen and oxygen atoms in total. The van der Waals surface area contributed by atoms with Crippen LogP contribution in [0.25, 0.3) is 0 Å². The van der Waals surface area contributed by atoms with Crippen molar-refractivity contribution in [3.05, 3.63) is 40.5 Å². The van der Waals surface area contributed by atoms with E-state index in [1.807, 2.05) is 30.1 Å². The van der Waals surface area contributed by atoms with Gasteiger partial charge in [0.1, 0.15) is 11.6 Å². The van der Waals surface area contributed by atoms with Gasteiger partial charge in [-0.3, -0.25) is 4.79 Å². The Hall–Kier alpha value is -1.80. The lowest BCUT2D eigenvalue weighted by molar-refractivity contribution is -0.112. The first kappa shape index (κ1) is 16.3. The van der Waals surface area contributed by atoms with Crippen LogP contribution in [0.2, 0.25) is 0 Å². The fraction of sp³-hybridized carbons (Fsp3) is 0.333. The van der Waals surface area contributed by atoms with E-state index in [4.69, 9.17) is 5.26 Å². The first-order chi connectivity index (χ1) is 9.56. The van der Waals surface area contributed by atoms with E-state index in [9.17, 15) is 4.79 Å². The first-order valence-electron chi connectivity index (χ1n) is 6.46. The molecule has 0 radical (unpaired) electrons. The molecule has 20 heavy (non-hydrogen) atoms. The second-order valence-corrected chi connectivity index (χ2v) is 5.37. The number of nitrogens with one attached hydrogen (secondary N) is 1. The molecule has 1 aromatic rings. The van der Waals surface area contributed by atoms with Crippen molar-refractivity contribution in [2.45, 2.75) is 19.8 Å². The molecule has 1 aromatic carbocycles. The molecule has 0 aliphatic rings. The minimum atomic E-state index is -0.391. The topological polar surface area (TPSA) is 56.1 Å². The van der Waals surface area contributed by atoms with E-state index in [0.717, 1.165) is 23.9 Å². The van der Waals surface area contributed by atoms with Crippen LogP contribution in [0.4, 0.5) is 5.69 Å². The van der Waals surface area contributed by atoms with Crippen molar-refractivity contribution in [1.82, 2.24) is 4.90 Å². The van der Waals surface area contributed by atoms with Crippen molar-refractivity contribution >= 4 is 27.5 Å². The molecule has 5 heteroatoms. The Morgan fingerprint density at radius 2 is 2.10 bits per heavy atom. The smallest absolute Gasteiger partial charge is 0.267 e. The van der Waals surface area contributed by atoms with Crippen molar-refractivity contribution in [2.75, 3.05) is 18.9 Å².